The van der Waals surface area contributed by atoms with Gasteiger partial charge in [-0.1, -0.05) is 86.3 Å². The van der Waals surface area contributed by atoms with Crippen LogP contribution >= 0.6 is 0 Å². The molecular weight excluding hydrogens is 328 g/mol. The highest BCUT2D eigenvalue weighted by atomic mass is 15.2. The van der Waals surface area contributed by atoms with E-state index in [9.17, 15) is 0 Å². The van der Waals surface area contributed by atoms with Crippen LogP contribution in [-0.4, -0.2) is 11.9 Å². The van der Waals surface area contributed by atoms with Crippen molar-refractivity contribution < 1.29 is 0 Å². The number of hydrogen-bond acceptors (Lipinski definition) is 2. The third kappa shape index (κ3) is 5.89. The van der Waals surface area contributed by atoms with Crippen molar-refractivity contribution in [2.45, 2.75) is 58.8 Å². The Morgan fingerprint density at radius 1 is 0.963 bits per heavy atom. The van der Waals surface area contributed by atoms with Gasteiger partial charge in [0.15, 0.2) is 0 Å². The summed E-state index contributed by atoms with van der Waals surface area (Å²) in [6, 6.07) is 19.0. The summed E-state index contributed by atoms with van der Waals surface area (Å²) in [5.41, 5.74) is 4.74. The molecule has 0 amide bonds. The third-order valence-electron chi connectivity index (χ3n) is 5.72. The van der Waals surface area contributed by atoms with Crippen LogP contribution in [0.5, 0.6) is 0 Å². The zero-order valence-electron chi connectivity index (χ0n) is 16.8. The van der Waals surface area contributed by atoms with Gasteiger partial charge < -0.3 is 0 Å². The van der Waals surface area contributed by atoms with Gasteiger partial charge in [-0.2, -0.15) is 10.2 Å². The molecule has 1 saturated carbocycles. The molecule has 1 aliphatic carbocycles. The van der Waals surface area contributed by atoms with Gasteiger partial charge in [0, 0.05) is 5.92 Å². The first-order valence-electron chi connectivity index (χ1n) is 10.5. The van der Waals surface area contributed by atoms with Crippen LogP contribution in [0.1, 0.15) is 68.6 Å². The van der Waals surface area contributed by atoms with Crippen molar-refractivity contribution in [3.05, 3.63) is 71.3 Å². The maximum Gasteiger partial charge on any atom is 0.0733 e. The molecule has 0 radical (unpaired) electrons. The Bertz CT molecular complexity index is 736. The van der Waals surface area contributed by atoms with Crippen LogP contribution in [0.3, 0.4) is 0 Å². The molecular formula is C25H32N2. The molecule has 0 unspecified atom stereocenters. The van der Waals surface area contributed by atoms with Gasteiger partial charge >= 0.3 is 0 Å². The van der Waals surface area contributed by atoms with Gasteiger partial charge in [0.2, 0.25) is 0 Å². The summed E-state index contributed by atoms with van der Waals surface area (Å²) < 4.78 is 0. The first kappa shape index (κ1) is 19.5. The highest BCUT2D eigenvalue weighted by Crippen LogP contribution is 2.34. The first-order valence-corrected chi connectivity index (χ1v) is 10.5. The average Bonchev–Trinajstić information content (AvgIpc) is 2.72. The van der Waals surface area contributed by atoms with E-state index in [0.29, 0.717) is 5.92 Å². The second kappa shape index (κ2) is 10.2. The molecule has 1 aliphatic rings. The lowest BCUT2D eigenvalue weighted by Gasteiger charge is -2.29. The topological polar surface area (TPSA) is 24.7 Å². The number of hydrogen-bond donors (Lipinski definition) is 0. The summed E-state index contributed by atoms with van der Waals surface area (Å²) in [4.78, 5) is 0. The van der Waals surface area contributed by atoms with Crippen molar-refractivity contribution >= 4 is 11.9 Å². The van der Waals surface area contributed by atoms with E-state index >= 15 is 0 Å². The Morgan fingerprint density at radius 2 is 1.67 bits per heavy atom. The molecule has 0 atom stereocenters. The smallest absolute Gasteiger partial charge is 0.0733 e. The van der Waals surface area contributed by atoms with E-state index in [1.807, 2.05) is 6.21 Å². The molecule has 0 saturated heterocycles. The molecule has 2 aromatic rings. The number of nitrogens with zero attached hydrogens (tertiary/aromatic N) is 2. The Balaban J connectivity index is 1.73. The van der Waals surface area contributed by atoms with E-state index in [1.54, 1.807) is 0 Å². The van der Waals surface area contributed by atoms with Gasteiger partial charge in [-0.15, -0.1) is 0 Å². The minimum atomic E-state index is 0.528. The van der Waals surface area contributed by atoms with Gasteiger partial charge in [-0.05, 0) is 49.7 Å². The van der Waals surface area contributed by atoms with Crippen LogP contribution in [-0.2, 0) is 0 Å². The van der Waals surface area contributed by atoms with Crippen LogP contribution in [0.2, 0.25) is 0 Å². The second-order valence-electron chi connectivity index (χ2n) is 7.87. The van der Waals surface area contributed by atoms with Crippen LogP contribution < -0.4 is 0 Å². The standard InChI is InChI=1S/C25H32N2/c1-3-4-8-21-15-17-24(18-16-21)25(23-9-6-5-7-10-23)27-26-19-22-13-11-20(2)12-14-22/h5-7,9-14,19,21,24H,3-4,8,15-18H2,1-2H3. The quantitative estimate of drug-likeness (QED) is 0.382. The summed E-state index contributed by atoms with van der Waals surface area (Å²) in [5.74, 6) is 1.44. The molecule has 0 aromatic heterocycles. The summed E-state index contributed by atoms with van der Waals surface area (Å²) in [6.07, 6.45) is 11.1. The molecule has 1 fully saturated rings. The van der Waals surface area contributed by atoms with Crippen LogP contribution in [0.25, 0.3) is 0 Å². The molecule has 2 aromatic carbocycles. The molecule has 0 N–H and O–H groups in total. The predicted octanol–water partition coefficient (Wildman–Crippen LogP) is 6.81. The van der Waals surface area contributed by atoms with Crippen molar-refractivity contribution in [1.29, 1.82) is 0 Å². The average molecular weight is 361 g/mol. The number of benzene rings is 2. The highest BCUT2D eigenvalue weighted by molar-refractivity contribution is 6.02. The van der Waals surface area contributed by atoms with Gasteiger partial charge in [0.1, 0.15) is 0 Å². The predicted molar refractivity (Wildman–Crippen MR) is 117 cm³/mol. The Labute approximate surface area is 164 Å². The van der Waals surface area contributed by atoms with Crippen molar-refractivity contribution in [3.8, 4) is 0 Å². The van der Waals surface area contributed by atoms with Crippen molar-refractivity contribution in [2.24, 2.45) is 22.0 Å². The van der Waals surface area contributed by atoms with Gasteiger partial charge in [0.25, 0.3) is 0 Å². The fraction of sp³-hybridized carbons (Fsp3) is 0.440. The first-order chi connectivity index (χ1) is 13.3. The van der Waals surface area contributed by atoms with Gasteiger partial charge in [0.05, 0.1) is 11.9 Å². The Hall–Kier alpha value is -2.22. The zero-order valence-corrected chi connectivity index (χ0v) is 16.8. The summed E-state index contributed by atoms with van der Waals surface area (Å²) in [6.45, 7) is 4.39. The summed E-state index contributed by atoms with van der Waals surface area (Å²) in [5, 5.41) is 9.16. The largest absolute Gasteiger partial charge is 0.158 e. The van der Waals surface area contributed by atoms with E-state index in [4.69, 9.17) is 5.10 Å². The molecule has 2 nitrogen and oxygen atoms in total. The van der Waals surface area contributed by atoms with Crippen molar-refractivity contribution in [1.82, 2.24) is 0 Å². The Morgan fingerprint density at radius 3 is 2.33 bits per heavy atom. The highest BCUT2D eigenvalue weighted by Gasteiger charge is 2.25. The lowest BCUT2D eigenvalue weighted by atomic mass is 9.76. The zero-order chi connectivity index (χ0) is 18.9. The molecule has 0 heterocycles. The van der Waals surface area contributed by atoms with E-state index < -0.39 is 0 Å². The minimum absolute atomic E-state index is 0.528. The van der Waals surface area contributed by atoms with Gasteiger partial charge in [-0.3, -0.25) is 0 Å². The molecule has 3 rings (SSSR count). The second-order valence-corrected chi connectivity index (χ2v) is 7.87. The summed E-state index contributed by atoms with van der Waals surface area (Å²) in [7, 11) is 0. The van der Waals surface area contributed by atoms with E-state index in [-0.39, 0.29) is 0 Å². The molecule has 142 valence electrons. The maximum absolute atomic E-state index is 4.71. The third-order valence-corrected chi connectivity index (χ3v) is 5.72. The number of rotatable bonds is 7. The lowest BCUT2D eigenvalue weighted by Crippen LogP contribution is -2.22. The number of aryl methyl sites for hydroxylation is 1. The molecule has 0 bridgehead atoms. The Kier molecular flexibility index (Phi) is 7.38. The fourth-order valence-electron chi connectivity index (χ4n) is 4.01. The van der Waals surface area contributed by atoms with Crippen molar-refractivity contribution in [2.75, 3.05) is 0 Å². The van der Waals surface area contributed by atoms with Crippen LogP contribution in [0.15, 0.2) is 64.8 Å². The van der Waals surface area contributed by atoms with E-state index in [1.165, 1.54) is 56.1 Å². The van der Waals surface area contributed by atoms with Crippen LogP contribution in [0, 0.1) is 18.8 Å². The van der Waals surface area contributed by atoms with E-state index in [0.717, 1.165) is 17.2 Å². The monoisotopic (exact) mass is 360 g/mol. The molecule has 27 heavy (non-hydrogen) atoms. The lowest BCUT2D eigenvalue weighted by molar-refractivity contribution is 0.301. The van der Waals surface area contributed by atoms with Gasteiger partial charge in [-0.25, -0.2) is 0 Å². The van der Waals surface area contributed by atoms with E-state index in [2.05, 4.69) is 73.5 Å². The maximum atomic E-state index is 4.71. The summed E-state index contributed by atoms with van der Waals surface area (Å²) >= 11 is 0. The SMILES string of the molecule is CCCCC1CCC(C(=NN=Cc2ccc(C)cc2)c2ccccc2)CC1. The molecule has 0 spiro atoms. The van der Waals surface area contributed by atoms with Crippen molar-refractivity contribution in [3.63, 3.8) is 0 Å². The minimum Gasteiger partial charge on any atom is -0.158 e. The number of unbranched alkanes of at least 4 members (excludes halogenated alkanes) is 1. The fourth-order valence-corrected chi connectivity index (χ4v) is 4.01. The molecule has 2 heteroatoms. The van der Waals surface area contributed by atoms with Crippen LogP contribution in [0.4, 0.5) is 0 Å². The molecule has 0 aliphatic heterocycles. The normalized spacial score (nSPS) is 20.9.